The Morgan fingerprint density at radius 3 is 2.17 bits per heavy atom. The summed E-state index contributed by atoms with van der Waals surface area (Å²) >= 11 is 0. The predicted octanol–water partition coefficient (Wildman–Crippen LogP) is 4.84. The quantitative estimate of drug-likeness (QED) is 0.408. The number of ether oxygens (including phenoxy) is 1. The molecule has 148 valence electrons. The molecule has 3 aromatic rings. The minimum Gasteiger partial charge on any atom is -0.489 e. The van der Waals surface area contributed by atoms with Gasteiger partial charge in [-0.05, 0) is 42.3 Å². The fourth-order valence-electron chi connectivity index (χ4n) is 2.89. The summed E-state index contributed by atoms with van der Waals surface area (Å²) in [5, 5.41) is 10.8. The molecule has 0 N–H and O–H groups in total. The highest BCUT2D eigenvalue weighted by Gasteiger charge is 2.16. The Morgan fingerprint density at radius 2 is 1.59 bits per heavy atom. The van der Waals surface area contributed by atoms with Gasteiger partial charge in [0.05, 0.1) is 4.92 Å². The summed E-state index contributed by atoms with van der Waals surface area (Å²) in [7, 11) is 0. The van der Waals surface area contributed by atoms with Crippen LogP contribution in [0.4, 0.5) is 5.69 Å². The van der Waals surface area contributed by atoms with Crippen LogP contribution in [-0.4, -0.2) is 22.3 Å². The fraction of sp³-hybridized carbons (Fsp3) is 0.174. The molecular formula is C23H22N2O4. The molecule has 0 heterocycles. The Morgan fingerprint density at radius 1 is 0.931 bits per heavy atom. The third-order valence-corrected chi connectivity index (χ3v) is 4.54. The van der Waals surface area contributed by atoms with Gasteiger partial charge in [0.25, 0.3) is 11.6 Å². The van der Waals surface area contributed by atoms with Gasteiger partial charge in [0.2, 0.25) is 0 Å². The molecule has 0 saturated carbocycles. The minimum atomic E-state index is -0.479. The monoisotopic (exact) mass is 390 g/mol. The van der Waals surface area contributed by atoms with Gasteiger partial charge in [-0.25, -0.2) is 0 Å². The largest absolute Gasteiger partial charge is 0.489 e. The number of amides is 1. The Labute approximate surface area is 169 Å². The van der Waals surface area contributed by atoms with Gasteiger partial charge in [0, 0.05) is 30.8 Å². The van der Waals surface area contributed by atoms with Crippen molar-refractivity contribution in [1.82, 2.24) is 4.90 Å². The Kier molecular flexibility index (Phi) is 6.58. The van der Waals surface area contributed by atoms with Crippen LogP contribution >= 0.6 is 0 Å². The first-order valence-corrected chi connectivity index (χ1v) is 9.36. The second-order valence-corrected chi connectivity index (χ2v) is 6.54. The summed E-state index contributed by atoms with van der Waals surface area (Å²) in [6, 6.07) is 23.3. The predicted molar refractivity (Wildman–Crippen MR) is 111 cm³/mol. The molecular weight excluding hydrogens is 368 g/mol. The Hall–Kier alpha value is -3.67. The SMILES string of the molecule is CCN(Cc1ccc(OCc2ccccc2)cc1)C(=O)c1ccc([N+](=O)[O-])cc1. The summed E-state index contributed by atoms with van der Waals surface area (Å²) in [6.45, 7) is 3.38. The van der Waals surface area contributed by atoms with Gasteiger partial charge in [-0.1, -0.05) is 42.5 Å². The molecule has 0 aliphatic rings. The number of carbonyl (C=O) groups excluding carboxylic acids is 1. The number of hydrogen-bond acceptors (Lipinski definition) is 4. The molecule has 0 bridgehead atoms. The lowest BCUT2D eigenvalue weighted by molar-refractivity contribution is -0.384. The van der Waals surface area contributed by atoms with E-state index < -0.39 is 4.92 Å². The molecule has 0 aromatic heterocycles. The van der Waals surface area contributed by atoms with Crippen molar-refractivity contribution >= 4 is 11.6 Å². The van der Waals surface area contributed by atoms with E-state index in [0.717, 1.165) is 16.9 Å². The fourth-order valence-corrected chi connectivity index (χ4v) is 2.89. The zero-order chi connectivity index (χ0) is 20.6. The van der Waals surface area contributed by atoms with Gasteiger partial charge < -0.3 is 9.64 Å². The lowest BCUT2D eigenvalue weighted by atomic mass is 10.1. The number of non-ortho nitro benzene ring substituents is 1. The van der Waals surface area contributed by atoms with Crippen molar-refractivity contribution in [2.24, 2.45) is 0 Å². The average Bonchev–Trinajstić information content (AvgIpc) is 2.77. The van der Waals surface area contributed by atoms with Crippen molar-refractivity contribution in [2.75, 3.05) is 6.54 Å². The zero-order valence-electron chi connectivity index (χ0n) is 16.2. The molecule has 0 atom stereocenters. The molecule has 3 rings (SSSR count). The highest BCUT2D eigenvalue weighted by Crippen LogP contribution is 2.18. The molecule has 6 heteroatoms. The molecule has 0 saturated heterocycles. The highest BCUT2D eigenvalue weighted by atomic mass is 16.6. The van der Waals surface area contributed by atoms with Gasteiger partial charge in [0.1, 0.15) is 12.4 Å². The summed E-state index contributed by atoms with van der Waals surface area (Å²) in [5.41, 5.74) is 2.48. The van der Waals surface area contributed by atoms with Crippen molar-refractivity contribution in [2.45, 2.75) is 20.1 Å². The second kappa shape index (κ2) is 9.50. The smallest absolute Gasteiger partial charge is 0.269 e. The first-order valence-electron chi connectivity index (χ1n) is 9.36. The summed E-state index contributed by atoms with van der Waals surface area (Å²) < 4.78 is 5.79. The van der Waals surface area contributed by atoms with Crippen LogP contribution in [0, 0.1) is 10.1 Å². The maximum Gasteiger partial charge on any atom is 0.269 e. The number of carbonyl (C=O) groups is 1. The summed E-state index contributed by atoms with van der Waals surface area (Å²) in [6.07, 6.45) is 0. The Balaban J connectivity index is 1.61. The number of nitro groups is 1. The van der Waals surface area contributed by atoms with Gasteiger partial charge >= 0.3 is 0 Å². The molecule has 0 unspecified atom stereocenters. The van der Waals surface area contributed by atoms with Gasteiger partial charge in [-0.15, -0.1) is 0 Å². The molecule has 0 radical (unpaired) electrons. The molecule has 1 amide bonds. The van der Waals surface area contributed by atoms with E-state index in [9.17, 15) is 14.9 Å². The zero-order valence-corrected chi connectivity index (χ0v) is 16.2. The highest BCUT2D eigenvalue weighted by molar-refractivity contribution is 5.94. The maximum atomic E-state index is 12.7. The average molecular weight is 390 g/mol. The summed E-state index contributed by atoms with van der Waals surface area (Å²) in [4.78, 5) is 24.7. The third kappa shape index (κ3) is 5.42. The molecule has 0 aliphatic carbocycles. The van der Waals surface area contributed by atoms with E-state index in [4.69, 9.17) is 4.74 Å². The molecule has 3 aromatic carbocycles. The van der Waals surface area contributed by atoms with Crippen LogP contribution in [0.2, 0.25) is 0 Å². The Bertz CT molecular complexity index is 954. The van der Waals surface area contributed by atoms with Crippen molar-refractivity contribution in [3.63, 3.8) is 0 Å². The molecule has 0 spiro atoms. The molecule has 6 nitrogen and oxygen atoms in total. The van der Waals surface area contributed by atoms with E-state index in [-0.39, 0.29) is 11.6 Å². The lowest BCUT2D eigenvalue weighted by Gasteiger charge is -2.21. The lowest BCUT2D eigenvalue weighted by Crippen LogP contribution is -2.30. The van der Waals surface area contributed by atoms with Gasteiger partial charge in [-0.3, -0.25) is 14.9 Å². The van der Waals surface area contributed by atoms with E-state index >= 15 is 0 Å². The second-order valence-electron chi connectivity index (χ2n) is 6.54. The van der Waals surface area contributed by atoms with Crippen LogP contribution < -0.4 is 4.74 Å². The summed E-state index contributed by atoms with van der Waals surface area (Å²) in [5.74, 6) is 0.606. The van der Waals surface area contributed by atoms with Crippen LogP contribution in [0.25, 0.3) is 0 Å². The van der Waals surface area contributed by atoms with E-state index in [0.29, 0.717) is 25.3 Å². The van der Waals surface area contributed by atoms with Crippen molar-refractivity contribution < 1.29 is 14.5 Å². The van der Waals surface area contributed by atoms with E-state index in [2.05, 4.69) is 0 Å². The maximum absolute atomic E-state index is 12.7. The van der Waals surface area contributed by atoms with Crippen molar-refractivity contribution in [3.05, 3.63) is 106 Å². The van der Waals surface area contributed by atoms with Gasteiger partial charge in [-0.2, -0.15) is 0 Å². The minimum absolute atomic E-state index is 0.0318. The molecule has 29 heavy (non-hydrogen) atoms. The van der Waals surface area contributed by atoms with Crippen molar-refractivity contribution in [3.8, 4) is 5.75 Å². The van der Waals surface area contributed by atoms with Gasteiger partial charge in [0.15, 0.2) is 0 Å². The van der Waals surface area contributed by atoms with E-state index in [1.54, 1.807) is 4.90 Å². The number of rotatable bonds is 8. The molecule has 0 fully saturated rings. The topological polar surface area (TPSA) is 72.7 Å². The number of nitrogens with zero attached hydrogens (tertiary/aromatic N) is 2. The third-order valence-electron chi connectivity index (χ3n) is 4.54. The van der Waals surface area contributed by atoms with Crippen LogP contribution in [0.5, 0.6) is 5.75 Å². The number of nitro benzene ring substituents is 1. The molecule has 0 aliphatic heterocycles. The normalized spacial score (nSPS) is 10.4. The van der Waals surface area contributed by atoms with Crippen LogP contribution in [0.3, 0.4) is 0 Å². The van der Waals surface area contributed by atoms with Crippen LogP contribution in [0.15, 0.2) is 78.9 Å². The van der Waals surface area contributed by atoms with Crippen LogP contribution in [0.1, 0.15) is 28.4 Å². The van der Waals surface area contributed by atoms with Crippen LogP contribution in [-0.2, 0) is 13.2 Å². The van der Waals surface area contributed by atoms with Crippen molar-refractivity contribution in [1.29, 1.82) is 0 Å². The standard InChI is InChI=1S/C23H22N2O4/c1-2-24(23(26)20-10-12-21(13-11-20)25(27)28)16-18-8-14-22(15-9-18)29-17-19-6-4-3-5-7-19/h3-15H,2,16-17H2,1H3. The number of hydrogen-bond donors (Lipinski definition) is 0. The number of benzene rings is 3. The van der Waals surface area contributed by atoms with E-state index in [1.165, 1.54) is 24.3 Å². The first kappa shape index (κ1) is 20.1. The van der Waals surface area contributed by atoms with E-state index in [1.807, 2.05) is 61.5 Å². The first-order chi connectivity index (χ1) is 14.1.